The minimum absolute atomic E-state index is 0.0198. The number of rotatable bonds is 8. The summed E-state index contributed by atoms with van der Waals surface area (Å²) in [7, 11) is -3.66. The number of amides is 1. The molecule has 2 aliphatic heterocycles. The lowest BCUT2D eigenvalue weighted by Crippen LogP contribution is -2.44. The number of carbonyl (C=O) groups excluding carboxylic acids is 1. The molecular formula is C37H39F3N4O4S. The summed E-state index contributed by atoms with van der Waals surface area (Å²) in [4.78, 5) is 24.0. The van der Waals surface area contributed by atoms with Crippen molar-refractivity contribution in [3.8, 4) is 11.3 Å². The Morgan fingerprint density at radius 2 is 1.71 bits per heavy atom. The number of nitrogens with one attached hydrogen (secondary N) is 1. The molecule has 2 N–H and O–H groups in total. The molecule has 3 heterocycles. The van der Waals surface area contributed by atoms with Gasteiger partial charge in [0.05, 0.1) is 38.9 Å². The molecule has 7 rings (SSSR count). The number of halogens is 3. The Morgan fingerprint density at radius 3 is 2.35 bits per heavy atom. The Bertz CT molecular complexity index is 1990. The second kappa shape index (κ2) is 12.8. The summed E-state index contributed by atoms with van der Waals surface area (Å²) in [6.07, 6.45) is 0.0484. The van der Waals surface area contributed by atoms with Gasteiger partial charge >= 0.3 is 6.18 Å². The number of aliphatic hydroxyl groups excluding tert-OH is 1. The highest BCUT2D eigenvalue weighted by Gasteiger charge is 2.46. The van der Waals surface area contributed by atoms with Crippen LogP contribution in [0.3, 0.4) is 0 Å². The van der Waals surface area contributed by atoms with E-state index in [-0.39, 0.29) is 34.4 Å². The number of aliphatic hydroxyl groups is 1. The number of carbonyl (C=O) groups is 1. The van der Waals surface area contributed by atoms with Crippen LogP contribution in [0.5, 0.6) is 0 Å². The Kier molecular flexibility index (Phi) is 8.79. The van der Waals surface area contributed by atoms with Crippen LogP contribution in [0.4, 0.5) is 13.2 Å². The van der Waals surface area contributed by atoms with Gasteiger partial charge in [-0.3, -0.25) is 14.6 Å². The molecule has 0 spiro atoms. The SMILES string of the molecule is CS(=O)(=O)c1ccc2nc(-c3cccc(C(F)(F)F)c3)c(CN3CCC(N4CCC(O)C4)CC3)c(C(=O)NC3(c4ccccc4)CC3)c2c1. The summed E-state index contributed by atoms with van der Waals surface area (Å²) in [5.74, 6) is -0.427. The van der Waals surface area contributed by atoms with Gasteiger partial charge in [-0.05, 0) is 81.1 Å². The van der Waals surface area contributed by atoms with Crippen molar-refractivity contribution in [2.45, 2.75) is 67.4 Å². The van der Waals surface area contributed by atoms with E-state index in [1.165, 1.54) is 24.3 Å². The van der Waals surface area contributed by atoms with E-state index in [1.807, 2.05) is 30.3 Å². The van der Waals surface area contributed by atoms with E-state index in [0.29, 0.717) is 42.1 Å². The van der Waals surface area contributed by atoms with Crippen LogP contribution in [-0.4, -0.2) is 78.8 Å². The topological polar surface area (TPSA) is 103 Å². The minimum atomic E-state index is -4.59. The van der Waals surface area contributed by atoms with Crippen LogP contribution in [0.15, 0.2) is 77.7 Å². The zero-order valence-electron chi connectivity index (χ0n) is 27.2. The van der Waals surface area contributed by atoms with E-state index >= 15 is 0 Å². The van der Waals surface area contributed by atoms with Crippen LogP contribution in [-0.2, 0) is 28.1 Å². The molecule has 12 heteroatoms. The van der Waals surface area contributed by atoms with Gasteiger partial charge < -0.3 is 10.4 Å². The molecule has 0 radical (unpaired) electrons. The highest BCUT2D eigenvalue weighted by Crippen LogP contribution is 2.46. The maximum absolute atomic E-state index is 14.7. The first-order valence-corrected chi connectivity index (χ1v) is 18.6. The lowest BCUT2D eigenvalue weighted by molar-refractivity contribution is -0.137. The Hall–Kier alpha value is -3.84. The second-order valence-electron chi connectivity index (χ2n) is 13.7. The van der Waals surface area contributed by atoms with Crippen molar-refractivity contribution in [2.75, 3.05) is 32.4 Å². The average Bonchev–Trinajstić information content (AvgIpc) is 3.73. The molecule has 0 bridgehead atoms. The van der Waals surface area contributed by atoms with Crippen molar-refractivity contribution in [1.82, 2.24) is 20.1 Å². The normalized spacial score (nSPS) is 20.5. The zero-order valence-corrected chi connectivity index (χ0v) is 28.0. The van der Waals surface area contributed by atoms with Crippen molar-refractivity contribution in [1.29, 1.82) is 0 Å². The number of hydrogen-bond acceptors (Lipinski definition) is 7. The first kappa shape index (κ1) is 33.6. The van der Waals surface area contributed by atoms with Gasteiger partial charge in [-0.15, -0.1) is 0 Å². The summed E-state index contributed by atoms with van der Waals surface area (Å²) >= 11 is 0. The van der Waals surface area contributed by atoms with Crippen molar-refractivity contribution >= 4 is 26.6 Å². The van der Waals surface area contributed by atoms with Gasteiger partial charge in [-0.1, -0.05) is 42.5 Å². The molecule has 3 aromatic carbocycles. The third-order valence-electron chi connectivity index (χ3n) is 10.3. The van der Waals surface area contributed by atoms with Crippen molar-refractivity contribution in [3.63, 3.8) is 0 Å². The Morgan fingerprint density at radius 1 is 0.980 bits per heavy atom. The van der Waals surface area contributed by atoms with Crippen LogP contribution >= 0.6 is 0 Å². The van der Waals surface area contributed by atoms with Gasteiger partial charge in [-0.2, -0.15) is 13.2 Å². The fraction of sp³-hybridized carbons (Fsp3) is 0.405. The molecule has 1 aromatic heterocycles. The molecule has 2 saturated heterocycles. The Balaban J connectivity index is 1.36. The first-order chi connectivity index (χ1) is 23.3. The first-order valence-electron chi connectivity index (χ1n) is 16.7. The standard InChI is InChI=1S/C37H39F3N4O4S/c1-49(47,48)29-10-11-32-30(21-29)33(35(46)42-36(15-16-36)25-7-3-2-4-8-25)31(34(41-32)24-6-5-9-26(20-24)37(38,39)40)23-43-17-12-27(13-18-43)44-19-14-28(45)22-44/h2-11,20-21,27-28,45H,12-19,22-23H2,1H3,(H,42,46). The molecule has 49 heavy (non-hydrogen) atoms. The van der Waals surface area contributed by atoms with E-state index in [1.54, 1.807) is 6.07 Å². The molecule has 3 aliphatic rings. The van der Waals surface area contributed by atoms with Gasteiger partial charge in [0.25, 0.3) is 5.91 Å². The summed E-state index contributed by atoms with van der Waals surface area (Å²) in [5.41, 5.74) is 0.976. The molecule has 1 unspecified atom stereocenters. The van der Waals surface area contributed by atoms with E-state index in [4.69, 9.17) is 4.98 Å². The third kappa shape index (κ3) is 6.96. The van der Waals surface area contributed by atoms with Crippen molar-refractivity contribution < 1.29 is 31.5 Å². The summed E-state index contributed by atoms with van der Waals surface area (Å²) in [6.45, 7) is 3.07. The van der Waals surface area contributed by atoms with E-state index < -0.39 is 33.0 Å². The number of β-amino-alcohol motifs (C(OH)–C–C–N with tert-alkyl or cyclic N) is 1. The molecule has 1 atom stereocenters. The summed E-state index contributed by atoms with van der Waals surface area (Å²) in [5, 5.41) is 13.7. The number of pyridine rings is 1. The number of alkyl halides is 3. The number of fused-ring (bicyclic) bond motifs is 1. The lowest BCUT2D eigenvalue weighted by atomic mass is 9.93. The summed E-state index contributed by atoms with van der Waals surface area (Å²) < 4.78 is 67.3. The zero-order chi connectivity index (χ0) is 34.6. The van der Waals surface area contributed by atoms with Crippen LogP contribution in [0.1, 0.15) is 59.2 Å². The number of likely N-dealkylation sites (tertiary alicyclic amines) is 2. The highest BCUT2D eigenvalue weighted by atomic mass is 32.2. The van der Waals surface area contributed by atoms with Crippen molar-refractivity contribution in [2.24, 2.45) is 0 Å². The fourth-order valence-corrected chi connectivity index (χ4v) is 8.07. The monoisotopic (exact) mass is 692 g/mol. The number of benzene rings is 3. The maximum atomic E-state index is 14.7. The maximum Gasteiger partial charge on any atom is 0.416 e. The second-order valence-corrected chi connectivity index (χ2v) is 15.7. The molecule has 3 fully saturated rings. The predicted octanol–water partition coefficient (Wildman–Crippen LogP) is 5.77. The van der Waals surface area contributed by atoms with Gasteiger partial charge in [0, 0.05) is 48.4 Å². The van der Waals surface area contributed by atoms with Crippen LogP contribution in [0.25, 0.3) is 22.2 Å². The lowest BCUT2D eigenvalue weighted by Gasteiger charge is -2.37. The van der Waals surface area contributed by atoms with Gasteiger partial charge in [0.1, 0.15) is 0 Å². The number of hydrogen-bond donors (Lipinski definition) is 2. The molecule has 8 nitrogen and oxygen atoms in total. The van der Waals surface area contributed by atoms with E-state index in [0.717, 1.165) is 62.6 Å². The van der Waals surface area contributed by atoms with Crippen LogP contribution in [0, 0.1) is 0 Å². The van der Waals surface area contributed by atoms with Gasteiger partial charge in [0.2, 0.25) is 0 Å². The van der Waals surface area contributed by atoms with E-state index in [9.17, 15) is 31.5 Å². The van der Waals surface area contributed by atoms with Crippen LogP contribution < -0.4 is 5.32 Å². The van der Waals surface area contributed by atoms with Crippen molar-refractivity contribution in [3.05, 3.63) is 95.1 Å². The molecule has 1 saturated carbocycles. The number of piperidine rings is 1. The number of nitrogens with zero attached hydrogens (tertiary/aromatic N) is 3. The largest absolute Gasteiger partial charge is 0.416 e. The highest BCUT2D eigenvalue weighted by molar-refractivity contribution is 7.90. The molecule has 1 amide bonds. The van der Waals surface area contributed by atoms with E-state index in [2.05, 4.69) is 15.1 Å². The third-order valence-corrected chi connectivity index (χ3v) is 11.4. The molecule has 4 aromatic rings. The molecule has 258 valence electrons. The molecule has 1 aliphatic carbocycles. The smallest absolute Gasteiger partial charge is 0.392 e. The minimum Gasteiger partial charge on any atom is -0.392 e. The van der Waals surface area contributed by atoms with Gasteiger partial charge in [0.15, 0.2) is 9.84 Å². The quantitative estimate of drug-likeness (QED) is 0.242. The Labute approximate surface area is 283 Å². The molecular weight excluding hydrogens is 653 g/mol. The number of aromatic nitrogens is 1. The fourth-order valence-electron chi connectivity index (χ4n) is 7.42. The van der Waals surface area contributed by atoms with Crippen LogP contribution in [0.2, 0.25) is 0 Å². The average molecular weight is 693 g/mol. The van der Waals surface area contributed by atoms with Gasteiger partial charge in [-0.25, -0.2) is 13.4 Å². The number of sulfone groups is 1. The summed E-state index contributed by atoms with van der Waals surface area (Å²) in [6, 6.07) is 19.3. The predicted molar refractivity (Wildman–Crippen MR) is 181 cm³/mol.